The fourth-order valence-electron chi connectivity index (χ4n) is 2.26. The molecule has 0 radical (unpaired) electrons. The quantitative estimate of drug-likeness (QED) is 0.807. The van der Waals surface area contributed by atoms with Crippen molar-refractivity contribution in [2.24, 2.45) is 4.99 Å². The Morgan fingerprint density at radius 2 is 2.15 bits per heavy atom. The number of nitrogens with zero attached hydrogens (tertiary/aromatic N) is 2. The minimum Gasteiger partial charge on any atom is -0.506 e. The number of hydrogen-bond acceptors (Lipinski definition) is 6. The molecule has 0 amide bonds. The normalized spacial score (nSPS) is 17.2. The predicted molar refractivity (Wildman–Crippen MR) is 99.6 cm³/mol. The third-order valence-electron chi connectivity index (χ3n) is 3.43. The molecule has 7 heteroatoms. The molecule has 1 aliphatic rings. The maximum atomic E-state index is 13.9. The Bertz CT molecular complexity index is 923. The van der Waals surface area contributed by atoms with Crippen LogP contribution in [0.2, 0.25) is 0 Å². The lowest BCUT2D eigenvalue weighted by atomic mass is 10.2. The molecule has 0 unspecified atom stereocenters. The molecule has 0 atom stereocenters. The van der Waals surface area contributed by atoms with Crippen LogP contribution >= 0.6 is 11.8 Å². The number of aliphatic imine (C=N–C) groups is 1. The molecule has 0 aliphatic carbocycles. The Balaban J connectivity index is 2.06. The van der Waals surface area contributed by atoms with Crippen LogP contribution in [0, 0.1) is 5.82 Å². The number of aromatic nitrogens is 1. The van der Waals surface area contributed by atoms with Gasteiger partial charge in [0.2, 0.25) is 0 Å². The number of rotatable bonds is 4. The fourth-order valence-corrected chi connectivity index (χ4v) is 3.28. The Hall–Kier alpha value is -2.93. The highest BCUT2D eigenvalue weighted by molar-refractivity contribution is 8.18. The number of aliphatic hydroxyl groups is 1. The van der Waals surface area contributed by atoms with Crippen molar-refractivity contribution in [3.05, 3.63) is 76.4 Å². The molecule has 1 N–H and O–H groups in total. The number of esters is 1. The van der Waals surface area contributed by atoms with Gasteiger partial charge in [0, 0.05) is 12.4 Å². The summed E-state index contributed by atoms with van der Waals surface area (Å²) in [4.78, 5) is 20.9. The van der Waals surface area contributed by atoms with Crippen LogP contribution in [0.1, 0.15) is 12.5 Å². The minimum absolute atomic E-state index is 0.0738. The first-order valence-corrected chi connectivity index (χ1v) is 8.65. The van der Waals surface area contributed by atoms with E-state index in [4.69, 9.17) is 4.74 Å². The lowest BCUT2D eigenvalue weighted by Crippen LogP contribution is -2.12. The standard InChI is InChI=1S/C19H15FN2O3S/c1-2-25-19(24)16-17(23)15(10-12-6-5-9-21-11-12)26-18(16)22-14-8-4-3-7-13(14)20/h3-11,23H,2H2,1H3. The molecule has 1 aromatic heterocycles. The molecular formula is C19H15FN2O3S. The molecule has 0 saturated carbocycles. The number of halogens is 1. The molecule has 5 nitrogen and oxygen atoms in total. The summed E-state index contributed by atoms with van der Waals surface area (Å²) in [5, 5.41) is 10.7. The van der Waals surface area contributed by atoms with E-state index >= 15 is 0 Å². The van der Waals surface area contributed by atoms with Gasteiger partial charge in [-0.3, -0.25) is 4.98 Å². The number of hydrogen-bond donors (Lipinski definition) is 1. The molecule has 1 aliphatic heterocycles. The molecule has 2 aromatic rings. The molecule has 0 bridgehead atoms. The fraction of sp³-hybridized carbons (Fsp3) is 0.105. The summed E-state index contributed by atoms with van der Waals surface area (Å²) in [6, 6.07) is 9.53. The predicted octanol–water partition coefficient (Wildman–Crippen LogP) is 4.41. The van der Waals surface area contributed by atoms with Gasteiger partial charge >= 0.3 is 5.97 Å². The minimum atomic E-state index is -0.706. The molecule has 0 saturated heterocycles. The Kier molecular flexibility index (Phi) is 5.48. The van der Waals surface area contributed by atoms with E-state index < -0.39 is 11.8 Å². The molecule has 26 heavy (non-hydrogen) atoms. The maximum Gasteiger partial charge on any atom is 0.344 e. The lowest BCUT2D eigenvalue weighted by Gasteiger charge is -2.04. The van der Waals surface area contributed by atoms with Crippen molar-refractivity contribution in [2.75, 3.05) is 6.61 Å². The topological polar surface area (TPSA) is 71.8 Å². The zero-order chi connectivity index (χ0) is 18.5. The molecular weight excluding hydrogens is 355 g/mol. The average Bonchev–Trinajstić information content (AvgIpc) is 2.93. The third-order valence-corrected chi connectivity index (χ3v) is 4.45. The number of ether oxygens (including phenoxy) is 1. The first-order valence-electron chi connectivity index (χ1n) is 7.84. The average molecular weight is 370 g/mol. The smallest absolute Gasteiger partial charge is 0.344 e. The van der Waals surface area contributed by atoms with Gasteiger partial charge in [-0.1, -0.05) is 30.0 Å². The number of benzene rings is 1. The van der Waals surface area contributed by atoms with Crippen LogP contribution in [0.3, 0.4) is 0 Å². The van der Waals surface area contributed by atoms with Gasteiger partial charge in [0.25, 0.3) is 0 Å². The SMILES string of the molecule is CCOC(=O)C1=C(O)C(=Cc2cccnc2)SC1=Nc1ccccc1F. The maximum absolute atomic E-state index is 13.9. The van der Waals surface area contributed by atoms with E-state index in [1.54, 1.807) is 43.6 Å². The number of carbonyl (C=O) groups excluding carboxylic acids is 1. The van der Waals surface area contributed by atoms with Crippen LogP contribution in [-0.2, 0) is 9.53 Å². The van der Waals surface area contributed by atoms with Gasteiger partial charge in [0.05, 0.1) is 11.5 Å². The van der Waals surface area contributed by atoms with Gasteiger partial charge in [-0.25, -0.2) is 14.2 Å². The summed E-state index contributed by atoms with van der Waals surface area (Å²) in [7, 11) is 0. The number of carbonyl (C=O) groups is 1. The molecule has 2 heterocycles. The first kappa shape index (κ1) is 17.9. The third kappa shape index (κ3) is 3.83. The largest absolute Gasteiger partial charge is 0.506 e. The highest BCUT2D eigenvalue weighted by Crippen LogP contribution is 2.40. The van der Waals surface area contributed by atoms with E-state index in [0.29, 0.717) is 4.91 Å². The molecule has 1 aromatic carbocycles. The zero-order valence-corrected chi connectivity index (χ0v) is 14.7. The summed E-state index contributed by atoms with van der Waals surface area (Å²) in [5.74, 6) is -1.47. The van der Waals surface area contributed by atoms with Crippen molar-refractivity contribution in [2.45, 2.75) is 6.92 Å². The van der Waals surface area contributed by atoms with Crippen LogP contribution in [-0.4, -0.2) is 27.7 Å². The van der Waals surface area contributed by atoms with Gasteiger partial charge in [0.15, 0.2) is 0 Å². The summed E-state index contributed by atoms with van der Waals surface area (Å²) in [6.07, 6.45) is 4.93. The molecule has 0 spiro atoms. The summed E-state index contributed by atoms with van der Waals surface area (Å²) >= 11 is 1.07. The van der Waals surface area contributed by atoms with Gasteiger partial charge in [-0.15, -0.1) is 0 Å². The zero-order valence-electron chi connectivity index (χ0n) is 13.8. The van der Waals surface area contributed by atoms with Crippen LogP contribution in [0.25, 0.3) is 6.08 Å². The first-order chi connectivity index (χ1) is 12.6. The Morgan fingerprint density at radius 1 is 1.35 bits per heavy atom. The number of thioether (sulfide) groups is 1. The van der Waals surface area contributed by atoms with Crippen LogP contribution < -0.4 is 0 Å². The van der Waals surface area contributed by atoms with E-state index in [9.17, 15) is 14.3 Å². The highest BCUT2D eigenvalue weighted by Gasteiger charge is 2.33. The summed E-state index contributed by atoms with van der Waals surface area (Å²) < 4.78 is 18.9. The summed E-state index contributed by atoms with van der Waals surface area (Å²) in [6.45, 7) is 1.81. The number of pyridine rings is 1. The number of aliphatic hydroxyl groups excluding tert-OH is 1. The van der Waals surface area contributed by atoms with E-state index in [1.165, 1.54) is 12.1 Å². The van der Waals surface area contributed by atoms with Crippen LogP contribution in [0.15, 0.2) is 70.0 Å². The molecule has 132 valence electrons. The van der Waals surface area contributed by atoms with Gasteiger partial charge in [-0.2, -0.15) is 0 Å². The summed E-state index contributed by atoms with van der Waals surface area (Å²) in [5.41, 5.74) is 0.749. The van der Waals surface area contributed by atoms with Crippen molar-refractivity contribution in [3.63, 3.8) is 0 Å². The lowest BCUT2D eigenvalue weighted by molar-refractivity contribution is -0.138. The Morgan fingerprint density at radius 3 is 2.85 bits per heavy atom. The second-order valence-corrected chi connectivity index (χ2v) is 6.24. The monoisotopic (exact) mass is 370 g/mol. The van der Waals surface area contributed by atoms with E-state index in [2.05, 4.69) is 9.98 Å². The highest BCUT2D eigenvalue weighted by atomic mass is 32.2. The number of para-hydroxylation sites is 1. The van der Waals surface area contributed by atoms with Gasteiger partial charge in [0.1, 0.15) is 27.9 Å². The van der Waals surface area contributed by atoms with Crippen molar-refractivity contribution in [1.82, 2.24) is 4.98 Å². The van der Waals surface area contributed by atoms with Gasteiger partial charge in [-0.05, 0) is 36.8 Å². The second-order valence-electron chi connectivity index (χ2n) is 5.21. The molecule has 0 fully saturated rings. The Labute approximate surface area is 153 Å². The van der Waals surface area contributed by atoms with E-state index in [-0.39, 0.29) is 28.7 Å². The van der Waals surface area contributed by atoms with Crippen molar-refractivity contribution in [3.8, 4) is 0 Å². The van der Waals surface area contributed by atoms with Crippen LogP contribution in [0.5, 0.6) is 0 Å². The molecule has 3 rings (SSSR count). The van der Waals surface area contributed by atoms with Crippen molar-refractivity contribution in [1.29, 1.82) is 0 Å². The van der Waals surface area contributed by atoms with Crippen LogP contribution in [0.4, 0.5) is 10.1 Å². The van der Waals surface area contributed by atoms with Crippen molar-refractivity contribution < 1.29 is 19.0 Å². The van der Waals surface area contributed by atoms with Crippen molar-refractivity contribution >= 4 is 34.5 Å². The second kappa shape index (κ2) is 7.97. The van der Waals surface area contributed by atoms with E-state index in [1.807, 2.05) is 6.07 Å². The van der Waals surface area contributed by atoms with Gasteiger partial charge < -0.3 is 9.84 Å². The van der Waals surface area contributed by atoms with E-state index in [0.717, 1.165) is 17.3 Å².